The molecule has 24 heavy (non-hydrogen) atoms. The largest absolute Gasteiger partial charge is 0.301 e. The summed E-state index contributed by atoms with van der Waals surface area (Å²) in [5.74, 6) is -0.0194. The number of anilines is 1. The molecule has 0 aromatic carbocycles. The lowest BCUT2D eigenvalue weighted by Crippen LogP contribution is -2.12. The molecule has 1 N–H and O–H groups in total. The van der Waals surface area contributed by atoms with Crippen molar-refractivity contribution < 1.29 is 4.79 Å². The van der Waals surface area contributed by atoms with Gasteiger partial charge in [0.2, 0.25) is 11.0 Å². The second-order valence-corrected chi connectivity index (χ2v) is 6.98. The molecule has 0 bridgehead atoms. The fraction of sp³-hybridized carbons (Fsp3) is 0.556. The Morgan fingerprint density at radius 3 is 2.58 bits per heavy atom. The summed E-state index contributed by atoms with van der Waals surface area (Å²) in [5.41, 5.74) is 1.11. The van der Waals surface area contributed by atoms with Gasteiger partial charge in [0.05, 0.1) is 0 Å². The highest BCUT2D eigenvalue weighted by Crippen LogP contribution is 2.18. The van der Waals surface area contributed by atoms with E-state index in [9.17, 15) is 4.79 Å². The highest BCUT2D eigenvalue weighted by atomic mass is 32.1. The number of hydrogen-bond acceptors (Lipinski definition) is 5. The van der Waals surface area contributed by atoms with E-state index in [0.717, 1.165) is 23.4 Å². The molecule has 2 heterocycles. The van der Waals surface area contributed by atoms with Crippen LogP contribution in [0.25, 0.3) is 0 Å². The lowest BCUT2D eigenvalue weighted by Gasteiger charge is -2.01. The number of hydrogen-bond donors (Lipinski definition) is 1. The van der Waals surface area contributed by atoms with E-state index in [1.54, 1.807) is 12.4 Å². The first-order valence-electron chi connectivity index (χ1n) is 8.79. The maximum atomic E-state index is 12.0. The van der Waals surface area contributed by atoms with Crippen molar-refractivity contribution in [1.82, 2.24) is 15.2 Å². The van der Waals surface area contributed by atoms with Crippen molar-refractivity contribution in [1.29, 1.82) is 0 Å². The molecule has 0 atom stereocenters. The van der Waals surface area contributed by atoms with Crippen molar-refractivity contribution in [3.05, 3.63) is 35.1 Å². The molecule has 0 aliphatic carbocycles. The lowest BCUT2D eigenvalue weighted by molar-refractivity contribution is -0.116. The van der Waals surface area contributed by atoms with E-state index in [1.165, 1.54) is 43.4 Å². The molecule has 2 aromatic heterocycles. The number of nitrogens with zero attached hydrogens (tertiary/aromatic N) is 3. The third kappa shape index (κ3) is 7.17. The number of rotatable bonds is 11. The number of aryl methyl sites for hydroxylation is 2. The molecule has 6 heteroatoms. The maximum absolute atomic E-state index is 12.0. The van der Waals surface area contributed by atoms with Crippen LogP contribution in [0.2, 0.25) is 0 Å². The Balaban J connectivity index is 1.64. The highest BCUT2D eigenvalue weighted by molar-refractivity contribution is 7.15. The molecule has 0 saturated carbocycles. The Hall–Kier alpha value is -1.82. The molecule has 0 fully saturated rings. The van der Waals surface area contributed by atoms with Gasteiger partial charge in [-0.1, -0.05) is 50.4 Å². The van der Waals surface area contributed by atoms with Crippen molar-refractivity contribution in [3.8, 4) is 0 Å². The van der Waals surface area contributed by atoms with Gasteiger partial charge in [0.25, 0.3) is 0 Å². The van der Waals surface area contributed by atoms with E-state index in [0.29, 0.717) is 18.0 Å². The van der Waals surface area contributed by atoms with Gasteiger partial charge in [-0.3, -0.25) is 9.78 Å². The molecule has 5 nitrogen and oxygen atoms in total. The summed E-state index contributed by atoms with van der Waals surface area (Å²) in [6.45, 7) is 2.23. The van der Waals surface area contributed by atoms with Gasteiger partial charge in [0.15, 0.2) is 0 Å². The van der Waals surface area contributed by atoms with Crippen molar-refractivity contribution in [2.45, 2.75) is 64.7 Å². The lowest BCUT2D eigenvalue weighted by atomic mass is 10.1. The number of amides is 1. The van der Waals surface area contributed by atoms with Gasteiger partial charge in [-0.2, -0.15) is 0 Å². The van der Waals surface area contributed by atoms with Gasteiger partial charge in [-0.15, -0.1) is 10.2 Å². The maximum Gasteiger partial charge on any atom is 0.226 e. The number of pyridine rings is 1. The van der Waals surface area contributed by atoms with E-state index < -0.39 is 0 Å². The first kappa shape index (κ1) is 18.5. The molecule has 0 spiro atoms. The summed E-state index contributed by atoms with van der Waals surface area (Å²) >= 11 is 1.49. The molecule has 1 amide bonds. The van der Waals surface area contributed by atoms with Gasteiger partial charge >= 0.3 is 0 Å². The van der Waals surface area contributed by atoms with Crippen LogP contribution in [0.4, 0.5) is 5.13 Å². The minimum absolute atomic E-state index is 0.0194. The van der Waals surface area contributed by atoms with E-state index >= 15 is 0 Å². The standard InChI is InChI=1S/C18H26N4OS/c1-2-3-4-5-6-7-8-17-21-22-18(24-17)20-16(23)10-9-15-11-13-19-14-12-15/h11-14H,2-10H2,1H3,(H,20,22,23). The van der Waals surface area contributed by atoms with Gasteiger partial charge < -0.3 is 5.32 Å². The predicted octanol–water partition coefficient (Wildman–Crippen LogP) is 4.41. The average Bonchev–Trinajstić information content (AvgIpc) is 3.04. The van der Waals surface area contributed by atoms with Crippen molar-refractivity contribution in [3.63, 3.8) is 0 Å². The molecule has 2 rings (SSSR count). The Morgan fingerprint density at radius 2 is 1.79 bits per heavy atom. The van der Waals surface area contributed by atoms with Crippen LogP contribution in [0.3, 0.4) is 0 Å². The Kier molecular flexibility index (Phi) is 8.38. The molecule has 130 valence electrons. The molecule has 0 saturated heterocycles. The summed E-state index contributed by atoms with van der Waals surface area (Å²) in [4.78, 5) is 15.9. The summed E-state index contributed by atoms with van der Waals surface area (Å²) in [5, 5.41) is 12.7. The molecular formula is C18H26N4OS. The van der Waals surface area contributed by atoms with Crippen LogP contribution in [0.15, 0.2) is 24.5 Å². The Labute approximate surface area is 147 Å². The van der Waals surface area contributed by atoms with Crippen LogP contribution in [-0.2, 0) is 17.6 Å². The van der Waals surface area contributed by atoms with Gasteiger partial charge in [0, 0.05) is 25.2 Å². The summed E-state index contributed by atoms with van der Waals surface area (Å²) < 4.78 is 0. The smallest absolute Gasteiger partial charge is 0.226 e. The topological polar surface area (TPSA) is 67.8 Å². The number of unbranched alkanes of at least 4 members (excludes halogenated alkanes) is 5. The minimum Gasteiger partial charge on any atom is -0.301 e. The molecule has 0 unspecified atom stereocenters. The molecule has 0 aliphatic heterocycles. The van der Waals surface area contributed by atoms with Gasteiger partial charge in [-0.25, -0.2) is 0 Å². The van der Waals surface area contributed by atoms with Gasteiger partial charge in [0.1, 0.15) is 5.01 Å². The normalized spacial score (nSPS) is 10.7. The minimum atomic E-state index is -0.0194. The molecule has 0 aliphatic rings. The highest BCUT2D eigenvalue weighted by Gasteiger charge is 2.08. The fourth-order valence-electron chi connectivity index (χ4n) is 2.45. The predicted molar refractivity (Wildman–Crippen MR) is 98.2 cm³/mol. The summed E-state index contributed by atoms with van der Waals surface area (Å²) in [7, 11) is 0. The number of aromatic nitrogens is 3. The second-order valence-electron chi connectivity index (χ2n) is 5.92. The van der Waals surface area contributed by atoms with Crippen LogP contribution < -0.4 is 5.32 Å². The zero-order valence-corrected chi connectivity index (χ0v) is 15.1. The SMILES string of the molecule is CCCCCCCCc1nnc(NC(=O)CCc2ccncc2)s1. The van der Waals surface area contributed by atoms with E-state index in [2.05, 4.69) is 27.4 Å². The average molecular weight is 346 g/mol. The van der Waals surface area contributed by atoms with E-state index in [-0.39, 0.29) is 5.91 Å². The first-order chi connectivity index (χ1) is 11.8. The van der Waals surface area contributed by atoms with Crippen molar-refractivity contribution in [2.24, 2.45) is 0 Å². The third-order valence-electron chi connectivity index (χ3n) is 3.85. The Bertz CT molecular complexity index is 600. The van der Waals surface area contributed by atoms with Gasteiger partial charge in [-0.05, 0) is 30.5 Å². The molecule has 0 radical (unpaired) electrons. The van der Waals surface area contributed by atoms with Crippen molar-refractivity contribution >= 4 is 22.4 Å². The summed E-state index contributed by atoms with van der Waals surface area (Å²) in [6.07, 6.45) is 13.2. The van der Waals surface area contributed by atoms with Crippen molar-refractivity contribution in [2.75, 3.05) is 5.32 Å². The molecule has 2 aromatic rings. The van der Waals surface area contributed by atoms with Crippen LogP contribution in [0.1, 0.15) is 62.4 Å². The zero-order valence-electron chi connectivity index (χ0n) is 14.3. The van der Waals surface area contributed by atoms with Crippen LogP contribution >= 0.6 is 11.3 Å². The number of carbonyl (C=O) groups is 1. The third-order valence-corrected chi connectivity index (χ3v) is 4.75. The zero-order chi connectivity index (χ0) is 17.0. The molecular weight excluding hydrogens is 320 g/mol. The van der Waals surface area contributed by atoms with Crippen LogP contribution in [-0.4, -0.2) is 21.1 Å². The number of carbonyl (C=O) groups excluding carboxylic acids is 1. The second kappa shape index (κ2) is 10.9. The summed E-state index contributed by atoms with van der Waals surface area (Å²) in [6, 6.07) is 3.85. The fourth-order valence-corrected chi connectivity index (χ4v) is 3.25. The quantitative estimate of drug-likeness (QED) is 0.612. The van der Waals surface area contributed by atoms with E-state index in [1.807, 2.05) is 12.1 Å². The van der Waals surface area contributed by atoms with E-state index in [4.69, 9.17) is 0 Å². The Morgan fingerprint density at radius 1 is 1.04 bits per heavy atom. The monoisotopic (exact) mass is 346 g/mol. The van der Waals surface area contributed by atoms with Crippen LogP contribution in [0, 0.1) is 0 Å². The number of nitrogens with one attached hydrogen (secondary N) is 1. The van der Waals surface area contributed by atoms with Crippen LogP contribution in [0.5, 0.6) is 0 Å². The first-order valence-corrected chi connectivity index (χ1v) is 9.60.